The largest absolute Gasteiger partial charge is 0.395 e. The summed E-state index contributed by atoms with van der Waals surface area (Å²) in [6.45, 7) is -0.327. The first-order valence-corrected chi connectivity index (χ1v) is 8.78. The van der Waals surface area contributed by atoms with Crippen LogP contribution in [0.1, 0.15) is 5.56 Å². The zero-order valence-electron chi connectivity index (χ0n) is 11.5. The molecule has 22 heavy (non-hydrogen) atoms. The van der Waals surface area contributed by atoms with E-state index >= 15 is 0 Å². The molecule has 1 atom stereocenters. The maximum absolute atomic E-state index is 12.4. The van der Waals surface area contributed by atoms with Gasteiger partial charge in [0, 0.05) is 11.1 Å². The molecule has 4 nitrogen and oxygen atoms in total. The lowest BCUT2D eigenvalue weighted by molar-refractivity contribution is 0.256. The predicted octanol–water partition coefficient (Wildman–Crippen LogP) is 2.88. The van der Waals surface area contributed by atoms with E-state index in [0.717, 1.165) is 5.56 Å². The molecule has 2 rings (SSSR count). The molecule has 0 amide bonds. The quantitative estimate of drug-likeness (QED) is 0.833. The Kier molecular flexibility index (Phi) is 5.83. The average Bonchev–Trinajstić information content (AvgIpc) is 2.49. The van der Waals surface area contributed by atoms with Crippen molar-refractivity contribution in [2.24, 2.45) is 0 Å². The summed E-state index contributed by atoms with van der Waals surface area (Å²) in [6.07, 6.45) is 0.370. The molecule has 0 aliphatic heterocycles. The molecule has 0 aliphatic carbocycles. The second-order valence-electron chi connectivity index (χ2n) is 4.77. The van der Waals surface area contributed by atoms with Crippen molar-refractivity contribution in [2.75, 3.05) is 6.61 Å². The predicted molar refractivity (Wildman–Crippen MR) is 87.8 cm³/mol. The van der Waals surface area contributed by atoms with Crippen molar-refractivity contribution in [2.45, 2.75) is 17.4 Å². The van der Waals surface area contributed by atoms with E-state index in [1.807, 2.05) is 30.3 Å². The molecule has 0 radical (unpaired) electrons. The minimum absolute atomic E-state index is 0.0771. The summed E-state index contributed by atoms with van der Waals surface area (Å²) in [6, 6.07) is 12.9. The summed E-state index contributed by atoms with van der Waals surface area (Å²) < 4.78 is 27.3. The van der Waals surface area contributed by atoms with Gasteiger partial charge in [0.15, 0.2) is 0 Å². The van der Waals surface area contributed by atoms with Gasteiger partial charge in [0.1, 0.15) is 4.90 Å². The minimum atomic E-state index is -3.87. The molecule has 0 saturated carbocycles. The van der Waals surface area contributed by atoms with Gasteiger partial charge in [-0.3, -0.25) is 0 Å². The zero-order valence-corrected chi connectivity index (χ0v) is 13.9. The standard InChI is InChI=1S/C15H15Cl2NO3S/c16-12-6-7-14(17)15(9-12)22(20,21)18-13(10-19)8-11-4-2-1-3-5-11/h1-7,9,13,18-19H,8,10H2/t13-/m0/s1. The first-order chi connectivity index (χ1) is 10.4. The summed E-state index contributed by atoms with van der Waals surface area (Å²) in [4.78, 5) is -0.104. The van der Waals surface area contributed by atoms with Crippen LogP contribution in [0.25, 0.3) is 0 Å². The third-order valence-corrected chi connectivity index (χ3v) is 5.29. The molecule has 0 bridgehead atoms. The van der Waals surface area contributed by atoms with Crippen LogP contribution < -0.4 is 4.72 Å². The van der Waals surface area contributed by atoms with Crippen LogP contribution in [0.5, 0.6) is 0 Å². The Labute approximate surface area is 139 Å². The lowest BCUT2D eigenvalue weighted by Gasteiger charge is -2.17. The van der Waals surface area contributed by atoms with Crippen LogP contribution in [0.3, 0.4) is 0 Å². The van der Waals surface area contributed by atoms with Crippen LogP contribution in [0.15, 0.2) is 53.4 Å². The van der Waals surface area contributed by atoms with Crippen molar-refractivity contribution in [3.8, 4) is 0 Å². The Morgan fingerprint density at radius 2 is 1.77 bits per heavy atom. The number of rotatable bonds is 6. The van der Waals surface area contributed by atoms with Gasteiger partial charge in [-0.15, -0.1) is 0 Å². The first kappa shape index (κ1) is 17.2. The smallest absolute Gasteiger partial charge is 0.242 e. The summed E-state index contributed by atoms with van der Waals surface area (Å²) >= 11 is 11.8. The van der Waals surface area contributed by atoms with Crippen molar-refractivity contribution < 1.29 is 13.5 Å². The van der Waals surface area contributed by atoms with Crippen LogP contribution in [0, 0.1) is 0 Å². The fourth-order valence-corrected chi connectivity index (χ4v) is 4.00. The number of halogens is 2. The number of benzene rings is 2. The van der Waals surface area contributed by atoms with Crippen molar-refractivity contribution in [3.05, 3.63) is 64.1 Å². The van der Waals surface area contributed by atoms with Gasteiger partial charge in [-0.2, -0.15) is 0 Å². The maximum atomic E-state index is 12.4. The SMILES string of the molecule is O=S(=O)(N[C@H](CO)Cc1ccccc1)c1cc(Cl)ccc1Cl. The monoisotopic (exact) mass is 359 g/mol. The molecule has 2 N–H and O–H groups in total. The Morgan fingerprint density at radius 3 is 2.41 bits per heavy atom. The van der Waals surface area contributed by atoms with E-state index in [1.165, 1.54) is 18.2 Å². The highest BCUT2D eigenvalue weighted by atomic mass is 35.5. The van der Waals surface area contributed by atoms with Crippen LogP contribution in [0.2, 0.25) is 10.0 Å². The molecule has 7 heteroatoms. The van der Waals surface area contributed by atoms with Gasteiger partial charge in [0.05, 0.1) is 11.6 Å². The Hall–Kier alpha value is -1.11. The Morgan fingerprint density at radius 1 is 1.09 bits per heavy atom. The van der Waals surface area contributed by atoms with Gasteiger partial charge in [-0.05, 0) is 30.2 Å². The van der Waals surface area contributed by atoms with E-state index in [2.05, 4.69) is 4.72 Å². The molecule has 2 aromatic carbocycles. The first-order valence-electron chi connectivity index (χ1n) is 6.54. The number of aliphatic hydroxyl groups is 1. The van der Waals surface area contributed by atoms with E-state index in [-0.39, 0.29) is 21.5 Å². The van der Waals surface area contributed by atoms with E-state index in [1.54, 1.807) is 0 Å². The molecule has 0 aromatic heterocycles. The highest BCUT2D eigenvalue weighted by Crippen LogP contribution is 2.25. The molecule has 2 aromatic rings. The summed E-state index contributed by atoms with van der Waals surface area (Å²) in [5.41, 5.74) is 0.918. The van der Waals surface area contributed by atoms with Crippen molar-refractivity contribution in [1.82, 2.24) is 4.72 Å². The average molecular weight is 360 g/mol. The van der Waals surface area contributed by atoms with Gasteiger partial charge in [-0.25, -0.2) is 13.1 Å². The second kappa shape index (κ2) is 7.44. The molecule has 0 saturated heterocycles. The molecular formula is C15H15Cl2NO3S. The van der Waals surface area contributed by atoms with Crippen LogP contribution in [-0.4, -0.2) is 26.2 Å². The summed E-state index contributed by atoms with van der Waals surface area (Å²) in [5, 5.41) is 9.78. The fraction of sp³-hybridized carbons (Fsp3) is 0.200. The zero-order chi connectivity index (χ0) is 16.2. The van der Waals surface area contributed by atoms with Gasteiger partial charge < -0.3 is 5.11 Å². The maximum Gasteiger partial charge on any atom is 0.242 e. The molecule has 0 aliphatic rings. The van der Waals surface area contributed by atoms with Crippen molar-refractivity contribution in [1.29, 1.82) is 0 Å². The topological polar surface area (TPSA) is 66.4 Å². The summed E-state index contributed by atoms with van der Waals surface area (Å²) in [5.74, 6) is 0. The fourth-order valence-electron chi connectivity index (χ4n) is 2.01. The van der Waals surface area contributed by atoms with E-state index < -0.39 is 16.1 Å². The lowest BCUT2D eigenvalue weighted by Crippen LogP contribution is -2.39. The highest BCUT2D eigenvalue weighted by Gasteiger charge is 2.22. The van der Waals surface area contributed by atoms with E-state index in [9.17, 15) is 13.5 Å². The molecule has 0 unspecified atom stereocenters. The molecule has 0 spiro atoms. The van der Waals surface area contributed by atoms with Gasteiger partial charge in [0.25, 0.3) is 0 Å². The Balaban J connectivity index is 2.20. The third kappa shape index (κ3) is 4.44. The number of nitrogens with one attached hydrogen (secondary N) is 1. The van der Waals surface area contributed by atoms with Crippen molar-refractivity contribution >= 4 is 33.2 Å². The van der Waals surface area contributed by atoms with Crippen LogP contribution in [0.4, 0.5) is 0 Å². The van der Waals surface area contributed by atoms with Gasteiger partial charge in [0.2, 0.25) is 10.0 Å². The molecular weight excluding hydrogens is 345 g/mol. The van der Waals surface area contributed by atoms with Crippen molar-refractivity contribution in [3.63, 3.8) is 0 Å². The lowest BCUT2D eigenvalue weighted by atomic mass is 10.1. The molecule has 0 fully saturated rings. The number of hydrogen-bond acceptors (Lipinski definition) is 3. The van der Waals surface area contributed by atoms with E-state index in [4.69, 9.17) is 23.2 Å². The minimum Gasteiger partial charge on any atom is -0.395 e. The molecule has 0 heterocycles. The van der Waals surface area contributed by atoms with Crippen LogP contribution in [-0.2, 0) is 16.4 Å². The Bertz CT molecular complexity index is 736. The van der Waals surface area contributed by atoms with Gasteiger partial charge >= 0.3 is 0 Å². The normalized spacial score (nSPS) is 13.0. The second-order valence-corrected chi connectivity index (χ2v) is 7.29. The van der Waals surface area contributed by atoms with Crippen LogP contribution >= 0.6 is 23.2 Å². The molecule has 118 valence electrons. The number of hydrogen-bond donors (Lipinski definition) is 2. The number of sulfonamides is 1. The third-order valence-electron chi connectivity index (χ3n) is 3.05. The number of aliphatic hydroxyl groups excluding tert-OH is 1. The highest BCUT2D eigenvalue weighted by molar-refractivity contribution is 7.89. The van der Waals surface area contributed by atoms with Gasteiger partial charge in [-0.1, -0.05) is 53.5 Å². The van der Waals surface area contributed by atoms with E-state index in [0.29, 0.717) is 6.42 Å². The summed E-state index contributed by atoms with van der Waals surface area (Å²) in [7, 11) is -3.87.